The normalized spacial score (nSPS) is 19.9. The lowest BCUT2D eigenvalue weighted by Gasteiger charge is -2.13. The summed E-state index contributed by atoms with van der Waals surface area (Å²) in [6.07, 6.45) is 0.498. The van der Waals surface area contributed by atoms with Crippen molar-refractivity contribution in [3.63, 3.8) is 0 Å². The van der Waals surface area contributed by atoms with Crippen LogP contribution in [0.2, 0.25) is 0 Å². The Morgan fingerprint density at radius 3 is 2.70 bits per heavy atom. The molecule has 23 heavy (non-hydrogen) atoms. The fraction of sp³-hybridized carbons (Fsp3) is 0.500. The molecule has 0 spiro atoms. The zero-order chi connectivity index (χ0) is 16.8. The smallest absolute Gasteiger partial charge is 0.262 e. The molecule has 1 saturated heterocycles. The third kappa shape index (κ3) is 3.00. The Hall–Kier alpha value is -2.16. The van der Waals surface area contributed by atoms with Gasteiger partial charge in [0.2, 0.25) is 0 Å². The summed E-state index contributed by atoms with van der Waals surface area (Å²) in [5.74, 6) is 0.764. The highest BCUT2D eigenvalue weighted by molar-refractivity contribution is 7.91. The Balaban J connectivity index is 1.88. The molecule has 1 aliphatic rings. The Labute approximate surface area is 133 Å². The van der Waals surface area contributed by atoms with Crippen LogP contribution in [0.4, 0.5) is 5.82 Å². The minimum atomic E-state index is -3.03. The number of nitrogens with zero attached hydrogens (tertiary/aromatic N) is 3. The fourth-order valence-electron chi connectivity index (χ4n) is 2.84. The van der Waals surface area contributed by atoms with Gasteiger partial charge in [-0.1, -0.05) is 5.16 Å². The predicted octanol–water partition coefficient (Wildman–Crippen LogP) is 1.41. The number of nitrogens with one attached hydrogen (secondary N) is 1. The second-order valence-corrected chi connectivity index (χ2v) is 8.05. The average molecular weight is 338 g/mol. The number of aryl methyl sites for hydroxylation is 3. The van der Waals surface area contributed by atoms with Gasteiger partial charge < -0.3 is 9.84 Å². The van der Waals surface area contributed by atoms with Crippen molar-refractivity contribution in [2.24, 2.45) is 0 Å². The van der Waals surface area contributed by atoms with Crippen molar-refractivity contribution < 1.29 is 17.7 Å². The van der Waals surface area contributed by atoms with Crippen LogP contribution in [0.5, 0.6) is 0 Å². The largest absolute Gasteiger partial charge is 0.361 e. The van der Waals surface area contributed by atoms with E-state index in [1.54, 1.807) is 31.5 Å². The summed E-state index contributed by atoms with van der Waals surface area (Å²) in [6.45, 7) is 5.16. The predicted molar refractivity (Wildman–Crippen MR) is 83.2 cm³/mol. The third-order valence-electron chi connectivity index (χ3n) is 3.91. The van der Waals surface area contributed by atoms with Crippen LogP contribution < -0.4 is 5.32 Å². The lowest BCUT2D eigenvalue weighted by molar-refractivity contribution is 0.102. The maximum Gasteiger partial charge on any atom is 0.262 e. The molecule has 2 aromatic heterocycles. The van der Waals surface area contributed by atoms with Gasteiger partial charge in [-0.2, -0.15) is 5.10 Å². The van der Waals surface area contributed by atoms with Gasteiger partial charge in [-0.15, -0.1) is 0 Å². The van der Waals surface area contributed by atoms with Gasteiger partial charge >= 0.3 is 0 Å². The number of carbonyl (C=O) groups is 1. The quantitative estimate of drug-likeness (QED) is 0.906. The van der Waals surface area contributed by atoms with E-state index in [4.69, 9.17) is 4.52 Å². The minimum absolute atomic E-state index is 0.0440. The number of hydrogen-bond donors (Lipinski definition) is 1. The third-order valence-corrected chi connectivity index (χ3v) is 5.66. The van der Waals surface area contributed by atoms with E-state index in [0.717, 1.165) is 0 Å². The molecule has 124 valence electrons. The van der Waals surface area contributed by atoms with Gasteiger partial charge in [-0.05, 0) is 27.2 Å². The molecule has 0 radical (unpaired) electrons. The van der Waals surface area contributed by atoms with Gasteiger partial charge in [0.15, 0.2) is 9.84 Å². The van der Waals surface area contributed by atoms with Gasteiger partial charge in [0.05, 0.1) is 28.9 Å². The van der Waals surface area contributed by atoms with E-state index in [1.165, 1.54) is 0 Å². The van der Waals surface area contributed by atoms with Crippen molar-refractivity contribution in [2.45, 2.75) is 33.2 Å². The Morgan fingerprint density at radius 1 is 1.39 bits per heavy atom. The number of carbonyl (C=O) groups excluding carboxylic acids is 1. The van der Waals surface area contributed by atoms with E-state index in [9.17, 15) is 13.2 Å². The number of rotatable bonds is 3. The summed E-state index contributed by atoms with van der Waals surface area (Å²) >= 11 is 0. The van der Waals surface area contributed by atoms with Gasteiger partial charge in [-0.25, -0.2) is 13.1 Å². The van der Waals surface area contributed by atoms with Crippen molar-refractivity contribution in [2.75, 3.05) is 16.8 Å². The van der Waals surface area contributed by atoms with Gasteiger partial charge in [0, 0.05) is 6.07 Å². The van der Waals surface area contributed by atoms with Crippen molar-refractivity contribution in [1.82, 2.24) is 14.9 Å². The number of aromatic nitrogens is 3. The lowest BCUT2D eigenvalue weighted by Crippen LogP contribution is -2.20. The molecule has 1 atom stereocenters. The second kappa shape index (κ2) is 5.48. The molecule has 0 unspecified atom stereocenters. The molecule has 3 heterocycles. The monoisotopic (exact) mass is 338 g/mol. The molecule has 1 fully saturated rings. The molecule has 1 amide bonds. The molecule has 0 aromatic carbocycles. The van der Waals surface area contributed by atoms with Crippen LogP contribution in [0.3, 0.4) is 0 Å². The van der Waals surface area contributed by atoms with Crippen LogP contribution in [0.15, 0.2) is 10.6 Å². The van der Waals surface area contributed by atoms with Crippen LogP contribution in [0.25, 0.3) is 0 Å². The van der Waals surface area contributed by atoms with Gasteiger partial charge in [0.25, 0.3) is 5.91 Å². The van der Waals surface area contributed by atoms with Crippen LogP contribution in [-0.4, -0.2) is 40.8 Å². The Morgan fingerprint density at radius 2 is 2.13 bits per heavy atom. The van der Waals surface area contributed by atoms with Crippen LogP contribution in [0.1, 0.15) is 40.0 Å². The number of hydrogen-bond acceptors (Lipinski definition) is 6. The molecule has 0 bridgehead atoms. The van der Waals surface area contributed by atoms with Crippen LogP contribution in [-0.2, 0) is 9.84 Å². The molecule has 1 aliphatic heterocycles. The Kier molecular flexibility index (Phi) is 3.75. The summed E-state index contributed by atoms with van der Waals surface area (Å²) in [5, 5.41) is 10.9. The van der Waals surface area contributed by atoms with Gasteiger partial charge in [-0.3, -0.25) is 4.79 Å². The summed E-state index contributed by atoms with van der Waals surface area (Å²) in [5.41, 5.74) is 1.60. The molecule has 8 nitrogen and oxygen atoms in total. The zero-order valence-electron chi connectivity index (χ0n) is 13.2. The summed E-state index contributed by atoms with van der Waals surface area (Å²) in [6, 6.07) is 1.47. The first-order chi connectivity index (χ1) is 10.8. The van der Waals surface area contributed by atoms with Crippen LogP contribution >= 0.6 is 0 Å². The maximum absolute atomic E-state index is 12.5. The molecule has 3 rings (SSSR count). The standard InChI is InChI=1S/C14H18N4O4S/c1-8-6-12(15-14(19)13-9(2)17-22-10(13)3)18(16-8)11-4-5-23(20,21)7-11/h6,11H,4-5,7H2,1-3H3,(H,15,19)/t11-/m1/s1. The first kappa shape index (κ1) is 15.7. The van der Waals surface area contributed by atoms with E-state index >= 15 is 0 Å². The number of anilines is 1. The molecule has 2 aromatic rings. The SMILES string of the molecule is Cc1cc(NC(=O)c2c(C)noc2C)n([C@@H]2CCS(=O)(=O)C2)n1. The first-order valence-corrected chi connectivity index (χ1v) is 9.10. The van der Waals surface area contributed by atoms with Crippen molar-refractivity contribution in [3.8, 4) is 0 Å². The summed E-state index contributed by atoms with van der Waals surface area (Å²) in [7, 11) is -3.03. The highest BCUT2D eigenvalue weighted by Gasteiger charge is 2.31. The maximum atomic E-state index is 12.5. The average Bonchev–Trinajstić information content (AvgIpc) is 3.08. The van der Waals surface area contributed by atoms with Crippen molar-refractivity contribution in [3.05, 3.63) is 28.8 Å². The molecule has 9 heteroatoms. The van der Waals surface area contributed by atoms with E-state index in [0.29, 0.717) is 35.0 Å². The summed E-state index contributed by atoms with van der Waals surface area (Å²) < 4.78 is 30.0. The second-order valence-electron chi connectivity index (χ2n) is 5.83. The molecular weight excluding hydrogens is 320 g/mol. The van der Waals surface area contributed by atoms with E-state index in [2.05, 4.69) is 15.6 Å². The molecule has 0 aliphatic carbocycles. The lowest BCUT2D eigenvalue weighted by atomic mass is 10.2. The van der Waals surface area contributed by atoms with Crippen molar-refractivity contribution in [1.29, 1.82) is 0 Å². The fourth-order valence-corrected chi connectivity index (χ4v) is 4.53. The first-order valence-electron chi connectivity index (χ1n) is 7.27. The number of amides is 1. The van der Waals surface area contributed by atoms with E-state index in [-0.39, 0.29) is 23.5 Å². The van der Waals surface area contributed by atoms with E-state index in [1.807, 2.05) is 0 Å². The Bertz CT molecular complexity index is 846. The number of sulfone groups is 1. The molecule has 0 saturated carbocycles. The highest BCUT2D eigenvalue weighted by Crippen LogP contribution is 2.27. The molecular formula is C14H18N4O4S. The summed E-state index contributed by atoms with van der Waals surface area (Å²) in [4.78, 5) is 12.5. The van der Waals surface area contributed by atoms with Crippen molar-refractivity contribution >= 4 is 21.6 Å². The van der Waals surface area contributed by atoms with Crippen LogP contribution in [0, 0.1) is 20.8 Å². The highest BCUT2D eigenvalue weighted by atomic mass is 32.2. The van der Waals surface area contributed by atoms with Gasteiger partial charge in [0.1, 0.15) is 17.1 Å². The minimum Gasteiger partial charge on any atom is -0.361 e. The van der Waals surface area contributed by atoms with E-state index < -0.39 is 9.84 Å². The topological polar surface area (TPSA) is 107 Å². The molecule has 1 N–H and O–H groups in total. The zero-order valence-corrected chi connectivity index (χ0v) is 14.0.